The van der Waals surface area contributed by atoms with Crippen molar-refractivity contribution in [2.45, 2.75) is 19.4 Å². The largest absolute Gasteiger partial charge is 0.356 e. The first-order chi connectivity index (χ1) is 10.4. The molecular weight excluding hydrogens is 387 g/mol. The Bertz CT molecular complexity index is 543. The van der Waals surface area contributed by atoms with Gasteiger partial charge in [-0.3, -0.25) is 9.98 Å². The molecule has 22 heavy (non-hydrogen) atoms. The average molecular weight is 410 g/mol. The zero-order valence-electron chi connectivity index (χ0n) is 12.8. The highest BCUT2D eigenvalue weighted by atomic mass is 127. The first kappa shape index (κ1) is 18.4. The van der Waals surface area contributed by atoms with Gasteiger partial charge in [0.25, 0.3) is 0 Å². The van der Waals surface area contributed by atoms with Crippen LogP contribution in [-0.4, -0.2) is 24.5 Å². The summed E-state index contributed by atoms with van der Waals surface area (Å²) in [6.07, 6.45) is 3.95. The number of hydrogen-bond acceptors (Lipinski definition) is 2. The third kappa shape index (κ3) is 6.89. The lowest BCUT2D eigenvalue weighted by atomic mass is 10.1. The third-order valence-corrected chi connectivity index (χ3v) is 3.16. The maximum Gasteiger partial charge on any atom is 0.191 e. The molecule has 2 N–H and O–H groups in total. The molecule has 0 unspecified atom stereocenters. The van der Waals surface area contributed by atoms with Gasteiger partial charge in [0, 0.05) is 19.8 Å². The first-order valence-electron chi connectivity index (χ1n) is 7.27. The minimum absolute atomic E-state index is 0. The van der Waals surface area contributed by atoms with Crippen molar-refractivity contribution in [1.29, 1.82) is 0 Å². The molecule has 1 heterocycles. The van der Waals surface area contributed by atoms with Crippen LogP contribution in [0.3, 0.4) is 0 Å². The molecule has 0 aliphatic heterocycles. The standard InChI is InChI=1S/C17H22N4.HI/c1-18-17(21-14-16-11-5-6-12-19-16)20-13-7-10-15-8-3-2-4-9-15;/h2-6,8-9,11-12H,7,10,13-14H2,1H3,(H2,18,20,21);1H. The smallest absolute Gasteiger partial charge is 0.191 e. The molecule has 2 aromatic rings. The highest BCUT2D eigenvalue weighted by Crippen LogP contribution is 2.01. The Morgan fingerprint density at radius 1 is 1.05 bits per heavy atom. The lowest BCUT2D eigenvalue weighted by Gasteiger charge is -2.11. The zero-order chi connectivity index (χ0) is 14.8. The van der Waals surface area contributed by atoms with Crippen LogP contribution in [0.1, 0.15) is 17.7 Å². The molecule has 0 bridgehead atoms. The van der Waals surface area contributed by atoms with E-state index in [4.69, 9.17) is 0 Å². The van der Waals surface area contributed by atoms with Gasteiger partial charge >= 0.3 is 0 Å². The molecule has 0 fully saturated rings. The number of nitrogens with one attached hydrogen (secondary N) is 2. The Morgan fingerprint density at radius 3 is 2.50 bits per heavy atom. The van der Waals surface area contributed by atoms with Gasteiger partial charge < -0.3 is 10.6 Å². The number of guanidine groups is 1. The molecule has 0 spiro atoms. The van der Waals surface area contributed by atoms with Crippen molar-refractivity contribution >= 4 is 29.9 Å². The maximum atomic E-state index is 4.28. The van der Waals surface area contributed by atoms with Crippen molar-refractivity contribution in [2.75, 3.05) is 13.6 Å². The predicted molar refractivity (Wildman–Crippen MR) is 103 cm³/mol. The molecule has 5 heteroatoms. The van der Waals surface area contributed by atoms with Crippen LogP contribution in [0.5, 0.6) is 0 Å². The summed E-state index contributed by atoms with van der Waals surface area (Å²) >= 11 is 0. The molecule has 0 radical (unpaired) electrons. The van der Waals surface area contributed by atoms with Gasteiger partial charge in [0.05, 0.1) is 12.2 Å². The SMILES string of the molecule is CN=C(NCCCc1ccccc1)NCc1ccccn1.I. The summed E-state index contributed by atoms with van der Waals surface area (Å²) in [6.45, 7) is 1.58. The van der Waals surface area contributed by atoms with Gasteiger partial charge in [0.2, 0.25) is 0 Å². The maximum absolute atomic E-state index is 4.28. The summed E-state index contributed by atoms with van der Waals surface area (Å²) in [4.78, 5) is 8.49. The van der Waals surface area contributed by atoms with E-state index >= 15 is 0 Å². The number of halogens is 1. The van der Waals surface area contributed by atoms with Gasteiger partial charge in [0.1, 0.15) is 0 Å². The van der Waals surface area contributed by atoms with E-state index in [9.17, 15) is 0 Å². The fourth-order valence-corrected chi connectivity index (χ4v) is 2.04. The number of nitrogens with zero attached hydrogens (tertiary/aromatic N) is 2. The van der Waals surface area contributed by atoms with E-state index in [2.05, 4.69) is 44.9 Å². The highest BCUT2D eigenvalue weighted by molar-refractivity contribution is 14.0. The van der Waals surface area contributed by atoms with Crippen molar-refractivity contribution in [3.8, 4) is 0 Å². The van der Waals surface area contributed by atoms with Crippen molar-refractivity contribution in [3.63, 3.8) is 0 Å². The summed E-state index contributed by atoms with van der Waals surface area (Å²) in [5, 5.41) is 6.58. The molecule has 0 saturated carbocycles. The van der Waals surface area contributed by atoms with Crippen molar-refractivity contribution in [3.05, 3.63) is 66.0 Å². The Kier molecular flexibility index (Phi) is 9.21. The van der Waals surface area contributed by atoms with E-state index in [1.54, 1.807) is 13.2 Å². The normalized spacial score (nSPS) is 10.7. The topological polar surface area (TPSA) is 49.3 Å². The van der Waals surface area contributed by atoms with E-state index in [0.717, 1.165) is 31.0 Å². The number of aromatic nitrogens is 1. The number of pyridine rings is 1. The minimum Gasteiger partial charge on any atom is -0.356 e. The summed E-state index contributed by atoms with van der Waals surface area (Å²) in [6, 6.07) is 16.4. The average Bonchev–Trinajstić information content (AvgIpc) is 2.56. The Labute approximate surface area is 149 Å². The Morgan fingerprint density at radius 2 is 1.82 bits per heavy atom. The monoisotopic (exact) mass is 410 g/mol. The first-order valence-corrected chi connectivity index (χ1v) is 7.27. The van der Waals surface area contributed by atoms with E-state index in [0.29, 0.717) is 6.54 Å². The van der Waals surface area contributed by atoms with Crippen molar-refractivity contribution < 1.29 is 0 Å². The second-order valence-electron chi connectivity index (χ2n) is 4.76. The summed E-state index contributed by atoms with van der Waals surface area (Å²) in [5.41, 5.74) is 2.38. The van der Waals surface area contributed by atoms with Gasteiger partial charge in [-0.25, -0.2) is 0 Å². The molecule has 1 aromatic heterocycles. The predicted octanol–water partition coefficient (Wildman–Crippen LogP) is 3.00. The van der Waals surface area contributed by atoms with Crippen LogP contribution in [0.4, 0.5) is 0 Å². The fraction of sp³-hybridized carbons (Fsp3) is 0.294. The molecule has 4 nitrogen and oxygen atoms in total. The van der Waals surface area contributed by atoms with E-state index in [-0.39, 0.29) is 24.0 Å². The molecule has 2 rings (SSSR count). The Balaban J connectivity index is 0.00000242. The zero-order valence-corrected chi connectivity index (χ0v) is 15.2. The summed E-state index contributed by atoms with van der Waals surface area (Å²) < 4.78 is 0. The second-order valence-corrected chi connectivity index (χ2v) is 4.76. The number of rotatable bonds is 6. The van der Waals surface area contributed by atoms with Gasteiger partial charge in [-0.2, -0.15) is 0 Å². The fourth-order valence-electron chi connectivity index (χ4n) is 2.04. The van der Waals surface area contributed by atoms with Crippen molar-refractivity contribution in [1.82, 2.24) is 15.6 Å². The molecule has 0 saturated heterocycles. The summed E-state index contributed by atoms with van der Waals surface area (Å²) in [7, 11) is 1.78. The number of aliphatic imine (C=N–C) groups is 1. The van der Waals surface area contributed by atoms with Crippen LogP contribution in [0, 0.1) is 0 Å². The molecule has 0 atom stereocenters. The molecule has 118 valence electrons. The van der Waals surface area contributed by atoms with Crippen LogP contribution < -0.4 is 10.6 Å². The van der Waals surface area contributed by atoms with Crippen molar-refractivity contribution in [2.24, 2.45) is 4.99 Å². The van der Waals surface area contributed by atoms with Gasteiger partial charge in [0.15, 0.2) is 5.96 Å². The molecule has 0 aliphatic carbocycles. The van der Waals surface area contributed by atoms with Crippen LogP contribution >= 0.6 is 24.0 Å². The highest BCUT2D eigenvalue weighted by Gasteiger charge is 1.98. The van der Waals surface area contributed by atoms with Crippen LogP contribution in [-0.2, 0) is 13.0 Å². The van der Waals surface area contributed by atoms with Gasteiger partial charge in [-0.15, -0.1) is 24.0 Å². The van der Waals surface area contributed by atoms with E-state index in [1.165, 1.54) is 5.56 Å². The van der Waals surface area contributed by atoms with E-state index < -0.39 is 0 Å². The molecule has 1 aromatic carbocycles. The van der Waals surface area contributed by atoms with Gasteiger partial charge in [-0.05, 0) is 30.5 Å². The van der Waals surface area contributed by atoms with E-state index in [1.807, 2.05) is 24.3 Å². The summed E-state index contributed by atoms with van der Waals surface area (Å²) in [5.74, 6) is 0.814. The number of aryl methyl sites for hydroxylation is 1. The molecule has 0 amide bonds. The Hall–Kier alpha value is -1.63. The van der Waals surface area contributed by atoms with Gasteiger partial charge in [-0.1, -0.05) is 36.4 Å². The van der Waals surface area contributed by atoms with Crippen LogP contribution in [0.25, 0.3) is 0 Å². The molecule has 0 aliphatic rings. The third-order valence-electron chi connectivity index (χ3n) is 3.16. The lowest BCUT2D eigenvalue weighted by Crippen LogP contribution is -2.37. The second kappa shape index (κ2) is 11.0. The quantitative estimate of drug-likeness (QED) is 0.333. The van der Waals surface area contributed by atoms with Crippen LogP contribution in [0.2, 0.25) is 0 Å². The minimum atomic E-state index is 0. The molecular formula is C17H23IN4. The number of hydrogen-bond donors (Lipinski definition) is 2. The lowest BCUT2D eigenvalue weighted by molar-refractivity contribution is 0.738. The number of benzene rings is 1. The van der Waals surface area contributed by atoms with Crippen LogP contribution in [0.15, 0.2) is 59.7 Å².